The Morgan fingerprint density at radius 3 is 2.62 bits per heavy atom. The molecule has 1 aromatic rings. The number of hydrogen-bond acceptors (Lipinski definition) is 6. The first-order valence-electron chi connectivity index (χ1n) is 5.97. The van der Waals surface area contributed by atoms with Crippen LogP contribution in [0.4, 0.5) is 0 Å². The molecule has 0 saturated carbocycles. The molecule has 1 aliphatic heterocycles. The van der Waals surface area contributed by atoms with Gasteiger partial charge in [-0.15, -0.1) is 16.7 Å². The van der Waals surface area contributed by atoms with Gasteiger partial charge in [0.2, 0.25) is 5.91 Å². The van der Waals surface area contributed by atoms with Crippen LogP contribution in [-0.2, 0) is 21.2 Å². The van der Waals surface area contributed by atoms with E-state index in [2.05, 4.69) is 15.6 Å². The summed E-state index contributed by atoms with van der Waals surface area (Å²) in [5.41, 5.74) is 0.000538. The molecule has 1 aliphatic rings. The van der Waals surface area contributed by atoms with Crippen molar-refractivity contribution in [1.29, 1.82) is 0 Å². The number of nitrogens with one attached hydrogen (secondary N) is 1. The van der Waals surface area contributed by atoms with Crippen molar-refractivity contribution in [3.63, 3.8) is 0 Å². The molecule has 2 atom stereocenters. The molecular weight excluding hydrogens is 324 g/mol. The van der Waals surface area contributed by atoms with E-state index in [9.17, 15) is 18.0 Å². The second-order valence-electron chi connectivity index (χ2n) is 4.75. The Labute approximate surface area is 125 Å². The van der Waals surface area contributed by atoms with Crippen molar-refractivity contribution in [2.45, 2.75) is 24.9 Å². The van der Waals surface area contributed by atoms with Gasteiger partial charge in [-0.2, -0.15) is 0 Å². The number of amides is 1. The van der Waals surface area contributed by atoms with Gasteiger partial charge in [0.25, 0.3) is 0 Å². The largest absolute Gasteiger partial charge is 0.476 e. The van der Waals surface area contributed by atoms with Gasteiger partial charge in [-0.05, 0) is 6.92 Å². The Kier molecular flexibility index (Phi) is 4.19. The molecule has 2 unspecified atom stereocenters. The summed E-state index contributed by atoms with van der Waals surface area (Å²) in [4.78, 5) is 22.7. The van der Waals surface area contributed by atoms with Gasteiger partial charge in [-0.25, -0.2) is 17.9 Å². The number of carbonyl (C=O) groups is 2. The zero-order valence-corrected chi connectivity index (χ0v) is 12.6. The third-order valence-electron chi connectivity index (χ3n) is 3.11. The van der Waals surface area contributed by atoms with Crippen LogP contribution < -0.4 is 5.32 Å². The van der Waals surface area contributed by atoms with Gasteiger partial charge >= 0.3 is 5.97 Å². The molecule has 1 saturated heterocycles. The molecule has 1 fully saturated rings. The molecule has 2 rings (SSSR count). The van der Waals surface area contributed by atoms with Crippen molar-refractivity contribution in [1.82, 2.24) is 20.3 Å². The summed E-state index contributed by atoms with van der Waals surface area (Å²) in [6.45, 7) is 1.22. The second kappa shape index (κ2) is 5.60. The summed E-state index contributed by atoms with van der Waals surface area (Å²) in [7, 11) is -3.24. The van der Waals surface area contributed by atoms with E-state index in [1.54, 1.807) is 0 Å². The number of hydrogen-bond donors (Lipinski definition) is 2. The van der Waals surface area contributed by atoms with Crippen molar-refractivity contribution >= 4 is 33.3 Å². The molecule has 1 aromatic heterocycles. The Bertz CT molecular complexity index is 686. The summed E-state index contributed by atoms with van der Waals surface area (Å²) in [6.07, 6.45) is 0. The molecular formula is C10H13ClN4O5S. The topological polar surface area (TPSA) is 131 Å². The molecule has 0 bridgehead atoms. The zero-order chi connectivity index (χ0) is 15.8. The van der Waals surface area contributed by atoms with Crippen LogP contribution in [-0.4, -0.2) is 63.3 Å². The number of aromatic carboxylic acids is 1. The lowest BCUT2D eigenvalue weighted by atomic mass is 10.2. The lowest BCUT2D eigenvalue weighted by Crippen LogP contribution is -2.42. The van der Waals surface area contributed by atoms with Crippen LogP contribution in [0.2, 0.25) is 0 Å². The molecule has 116 valence electrons. The molecule has 9 nitrogen and oxygen atoms in total. The van der Waals surface area contributed by atoms with Gasteiger partial charge in [0.05, 0.1) is 28.6 Å². The van der Waals surface area contributed by atoms with Crippen LogP contribution in [0.5, 0.6) is 0 Å². The van der Waals surface area contributed by atoms with Crippen LogP contribution in [0, 0.1) is 6.92 Å². The van der Waals surface area contributed by atoms with Gasteiger partial charge < -0.3 is 10.4 Å². The monoisotopic (exact) mass is 336 g/mol. The van der Waals surface area contributed by atoms with Crippen LogP contribution in [0.1, 0.15) is 16.2 Å². The quantitative estimate of drug-likeness (QED) is 0.660. The Balaban J connectivity index is 2.01. The number of carboxylic acid groups (broad SMARTS) is 1. The van der Waals surface area contributed by atoms with E-state index < -0.39 is 33.1 Å². The number of nitrogens with zero attached hydrogens (tertiary/aromatic N) is 3. The standard InChI is InChI=1S/C10H13ClN4O5S/c1-5-9(10(17)18)13-14-15(5)2-8(16)12-7-4-21(19,20)3-6(7)11/h6-7H,2-4H2,1H3,(H,12,16)(H,17,18). The highest BCUT2D eigenvalue weighted by Gasteiger charge is 2.37. The Morgan fingerprint density at radius 1 is 1.48 bits per heavy atom. The molecule has 21 heavy (non-hydrogen) atoms. The Morgan fingerprint density at radius 2 is 2.14 bits per heavy atom. The summed E-state index contributed by atoms with van der Waals surface area (Å²) in [5.74, 6) is -2.12. The predicted molar refractivity (Wildman–Crippen MR) is 71.9 cm³/mol. The number of carboxylic acids is 1. The van der Waals surface area contributed by atoms with Gasteiger partial charge in [-0.3, -0.25) is 4.79 Å². The van der Waals surface area contributed by atoms with E-state index >= 15 is 0 Å². The highest BCUT2D eigenvalue weighted by atomic mass is 35.5. The molecule has 1 amide bonds. The molecule has 0 radical (unpaired) electrons. The van der Waals surface area contributed by atoms with E-state index in [-0.39, 0.29) is 29.4 Å². The fourth-order valence-electron chi connectivity index (χ4n) is 2.03. The molecule has 0 aliphatic carbocycles. The number of carbonyl (C=O) groups excluding carboxylic acids is 1. The van der Waals surface area contributed by atoms with E-state index in [0.29, 0.717) is 0 Å². The maximum Gasteiger partial charge on any atom is 0.358 e. The second-order valence-corrected chi connectivity index (χ2v) is 7.47. The SMILES string of the molecule is Cc1c(C(=O)O)nnn1CC(=O)NC1CS(=O)(=O)CC1Cl. The number of aromatic nitrogens is 3. The van der Waals surface area contributed by atoms with Gasteiger partial charge in [-0.1, -0.05) is 5.21 Å². The van der Waals surface area contributed by atoms with Crippen molar-refractivity contribution in [3.05, 3.63) is 11.4 Å². The predicted octanol–water partition coefficient (Wildman–Crippen LogP) is -1.19. The minimum atomic E-state index is -3.24. The van der Waals surface area contributed by atoms with Crippen LogP contribution in [0.25, 0.3) is 0 Å². The van der Waals surface area contributed by atoms with Gasteiger partial charge in [0.15, 0.2) is 15.5 Å². The van der Waals surface area contributed by atoms with Crippen LogP contribution in [0.15, 0.2) is 0 Å². The number of alkyl halides is 1. The lowest BCUT2D eigenvalue weighted by Gasteiger charge is -2.14. The minimum absolute atomic E-state index is 0.176. The summed E-state index contributed by atoms with van der Waals surface area (Å²) in [6, 6.07) is -0.660. The number of sulfone groups is 1. The summed E-state index contributed by atoms with van der Waals surface area (Å²) >= 11 is 5.88. The molecule has 0 spiro atoms. The average molecular weight is 337 g/mol. The van der Waals surface area contributed by atoms with Gasteiger partial charge in [0, 0.05) is 0 Å². The first kappa shape index (κ1) is 15.7. The summed E-state index contributed by atoms with van der Waals surface area (Å²) < 4.78 is 23.9. The number of rotatable bonds is 4. The van der Waals surface area contributed by atoms with E-state index in [1.807, 2.05) is 0 Å². The fourth-order valence-corrected chi connectivity index (χ4v) is 4.58. The average Bonchev–Trinajstić information content (AvgIpc) is 2.80. The van der Waals surface area contributed by atoms with E-state index in [0.717, 1.165) is 4.68 Å². The van der Waals surface area contributed by atoms with E-state index in [1.165, 1.54) is 6.92 Å². The van der Waals surface area contributed by atoms with Crippen molar-refractivity contribution in [3.8, 4) is 0 Å². The first-order chi connectivity index (χ1) is 9.69. The third kappa shape index (κ3) is 3.50. The van der Waals surface area contributed by atoms with Crippen molar-refractivity contribution in [2.24, 2.45) is 0 Å². The third-order valence-corrected chi connectivity index (χ3v) is 5.48. The zero-order valence-electron chi connectivity index (χ0n) is 11.0. The first-order valence-corrected chi connectivity index (χ1v) is 8.22. The molecule has 2 heterocycles. The number of halogens is 1. The maximum atomic E-state index is 11.9. The van der Waals surface area contributed by atoms with Crippen molar-refractivity contribution in [2.75, 3.05) is 11.5 Å². The molecule has 0 aromatic carbocycles. The van der Waals surface area contributed by atoms with Crippen LogP contribution >= 0.6 is 11.6 Å². The summed E-state index contributed by atoms with van der Waals surface area (Å²) in [5, 5.41) is 17.7. The maximum absolute atomic E-state index is 11.9. The van der Waals surface area contributed by atoms with Crippen molar-refractivity contribution < 1.29 is 23.1 Å². The normalized spacial score (nSPS) is 23.9. The lowest BCUT2D eigenvalue weighted by molar-refractivity contribution is -0.122. The Hall–Kier alpha value is -1.68. The smallest absolute Gasteiger partial charge is 0.358 e. The molecule has 11 heteroatoms. The van der Waals surface area contributed by atoms with E-state index in [4.69, 9.17) is 16.7 Å². The van der Waals surface area contributed by atoms with Crippen LogP contribution in [0.3, 0.4) is 0 Å². The minimum Gasteiger partial charge on any atom is -0.476 e. The highest BCUT2D eigenvalue weighted by molar-refractivity contribution is 7.91. The van der Waals surface area contributed by atoms with Gasteiger partial charge in [0.1, 0.15) is 6.54 Å². The molecule has 2 N–H and O–H groups in total. The fraction of sp³-hybridized carbons (Fsp3) is 0.600. The highest BCUT2D eigenvalue weighted by Crippen LogP contribution is 2.18.